The van der Waals surface area contributed by atoms with Crippen molar-refractivity contribution in [2.24, 2.45) is 5.92 Å². The number of nitrogens with zero attached hydrogens (tertiary/aromatic N) is 3. The monoisotopic (exact) mass is 304 g/mol. The molecule has 0 radical (unpaired) electrons. The average molecular weight is 304 g/mol. The molecule has 0 aliphatic heterocycles. The number of amides is 1. The minimum atomic E-state index is -0.655. The molecule has 1 aliphatic rings. The number of nitrogens with one attached hydrogen (secondary N) is 1. The number of aliphatic hydroxyl groups is 1. The van der Waals surface area contributed by atoms with Crippen LogP contribution in [0.1, 0.15) is 30.1 Å². The number of aliphatic hydroxyl groups excluding tert-OH is 1. The number of rotatable bonds is 5. The number of benzene rings is 1. The van der Waals surface area contributed by atoms with Gasteiger partial charge in [-0.25, -0.2) is 14.1 Å². The van der Waals surface area contributed by atoms with Crippen LogP contribution in [0.5, 0.6) is 0 Å². The first-order valence-corrected chi connectivity index (χ1v) is 7.11. The third-order valence-corrected chi connectivity index (χ3v) is 4.08. The summed E-state index contributed by atoms with van der Waals surface area (Å²) in [6.45, 7) is 1.67. The Kier molecular flexibility index (Phi) is 3.66. The highest BCUT2D eigenvalue weighted by molar-refractivity contribution is 5.95. The number of halogens is 1. The second-order valence-electron chi connectivity index (χ2n) is 5.81. The van der Waals surface area contributed by atoms with Crippen LogP contribution in [0, 0.1) is 11.7 Å². The molecule has 6 nitrogen and oxygen atoms in total. The van der Waals surface area contributed by atoms with Crippen molar-refractivity contribution >= 4 is 5.91 Å². The van der Waals surface area contributed by atoms with Crippen LogP contribution in [-0.2, 0) is 0 Å². The van der Waals surface area contributed by atoms with Crippen LogP contribution < -0.4 is 5.32 Å². The summed E-state index contributed by atoms with van der Waals surface area (Å²) in [4.78, 5) is 16.0. The molecule has 1 aromatic heterocycles. The average Bonchev–Trinajstić information content (AvgIpc) is 3.24. The van der Waals surface area contributed by atoms with Gasteiger partial charge in [-0.15, -0.1) is 0 Å². The lowest BCUT2D eigenvalue weighted by molar-refractivity contribution is 0.0824. The largest absolute Gasteiger partial charge is 0.394 e. The van der Waals surface area contributed by atoms with E-state index in [1.165, 1.54) is 29.5 Å². The van der Waals surface area contributed by atoms with Crippen LogP contribution in [0.3, 0.4) is 0 Å². The fourth-order valence-electron chi connectivity index (χ4n) is 2.49. The first-order chi connectivity index (χ1) is 10.5. The summed E-state index contributed by atoms with van der Waals surface area (Å²) < 4.78 is 15.4. The van der Waals surface area contributed by atoms with Crippen LogP contribution in [0.25, 0.3) is 5.69 Å². The van der Waals surface area contributed by atoms with Crippen molar-refractivity contribution in [1.29, 1.82) is 0 Å². The van der Waals surface area contributed by atoms with Gasteiger partial charge in [-0.05, 0) is 43.9 Å². The molecule has 1 heterocycles. The lowest BCUT2D eigenvalue weighted by atomic mass is 9.96. The summed E-state index contributed by atoms with van der Waals surface area (Å²) in [6.07, 6.45) is 4.66. The third-order valence-electron chi connectivity index (χ3n) is 4.08. The van der Waals surface area contributed by atoms with E-state index in [4.69, 9.17) is 0 Å². The molecule has 7 heteroatoms. The van der Waals surface area contributed by atoms with Gasteiger partial charge in [0.2, 0.25) is 0 Å². The Balaban J connectivity index is 1.80. The first kappa shape index (κ1) is 14.6. The molecule has 0 saturated heterocycles. The molecule has 1 aromatic carbocycles. The van der Waals surface area contributed by atoms with E-state index in [9.17, 15) is 14.3 Å². The van der Waals surface area contributed by atoms with Gasteiger partial charge in [0.15, 0.2) is 0 Å². The van der Waals surface area contributed by atoms with Crippen molar-refractivity contribution in [3.63, 3.8) is 0 Å². The van der Waals surface area contributed by atoms with Crippen molar-refractivity contribution in [3.8, 4) is 5.69 Å². The standard InChI is InChI=1S/C15H17FN4O2/c1-15(7-21,11-3-4-11)19-14(22)10-2-5-13(12(16)6-10)20-9-17-8-18-20/h2,5-6,8-9,11,21H,3-4,7H2,1H3,(H,19,22). The normalized spacial score (nSPS) is 17.0. The number of carbonyl (C=O) groups excluding carboxylic acids is 1. The van der Waals surface area contributed by atoms with Gasteiger partial charge in [0.05, 0.1) is 12.1 Å². The van der Waals surface area contributed by atoms with Gasteiger partial charge in [0, 0.05) is 5.56 Å². The summed E-state index contributed by atoms with van der Waals surface area (Å²) in [5.74, 6) is -0.677. The molecule has 1 unspecified atom stereocenters. The lowest BCUT2D eigenvalue weighted by Crippen LogP contribution is -2.50. The Morgan fingerprint density at radius 2 is 2.32 bits per heavy atom. The van der Waals surface area contributed by atoms with Crippen LogP contribution in [0.4, 0.5) is 4.39 Å². The van der Waals surface area contributed by atoms with E-state index in [2.05, 4.69) is 15.4 Å². The molecule has 1 amide bonds. The number of carbonyl (C=O) groups is 1. The molecule has 1 atom stereocenters. The Labute approximate surface area is 127 Å². The van der Waals surface area contributed by atoms with Crippen LogP contribution in [0.15, 0.2) is 30.9 Å². The zero-order chi connectivity index (χ0) is 15.7. The Morgan fingerprint density at radius 3 is 2.86 bits per heavy atom. The second kappa shape index (κ2) is 5.49. The van der Waals surface area contributed by atoms with Crippen molar-refractivity contribution in [3.05, 3.63) is 42.2 Å². The minimum Gasteiger partial charge on any atom is -0.394 e. The van der Waals surface area contributed by atoms with E-state index in [0.29, 0.717) is 0 Å². The van der Waals surface area contributed by atoms with Crippen molar-refractivity contribution in [2.45, 2.75) is 25.3 Å². The van der Waals surface area contributed by atoms with Gasteiger partial charge in [-0.3, -0.25) is 4.79 Å². The molecule has 0 spiro atoms. The summed E-state index contributed by atoms with van der Waals surface area (Å²) in [5.41, 5.74) is -0.221. The summed E-state index contributed by atoms with van der Waals surface area (Å²) >= 11 is 0. The van der Waals surface area contributed by atoms with E-state index >= 15 is 0 Å². The van der Waals surface area contributed by atoms with Crippen molar-refractivity contribution in [1.82, 2.24) is 20.1 Å². The topological polar surface area (TPSA) is 80.0 Å². The summed E-state index contributed by atoms with van der Waals surface area (Å²) in [7, 11) is 0. The Hall–Kier alpha value is -2.28. The highest BCUT2D eigenvalue weighted by Crippen LogP contribution is 2.39. The van der Waals surface area contributed by atoms with Gasteiger partial charge in [0.25, 0.3) is 5.91 Å². The van der Waals surface area contributed by atoms with Crippen LogP contribution in [-0.4, -0.2) is 37.9 Å². The first-order valence-electron chi connectivity index (χ1n) is 7.11. The summed E-state index contributed by atoms with van der Waals surface area (Å²) in [5, 5.41) is 16.2. The molecule has 2 N–H and O–H groups in total. The lowest BCUT2D eigenvalue weighted by Gasteiger charge is -2.28. The molecule has 3 rings (SSSR count). The molecule has 0 bridgehead atoms. The second-order valence-corrected chi connectivity index (χ2v) is 5.81. The van der Waals surface area contributed by atoms with E-state index in [-0.39, 0.29) is 23.8 Å². The maximum absolute atomic E-state index is 14.1. The van der Waals surface area contributed by atoms with Gasteiger partial charge >= 0.3 is 0 Å². The smallest absolute Gasteiger partial charge is 0.251 e. The van der Waals surface area contributed by atoms with E-state index < -0.39 is 17.3 Å². The fourth-order valence-corrected chi connectivity index (χ4v) is 2.49. The van der Waals surface area contributed by atoms with Gasteiger partial charge in [0.1, 0.15) is 24.2 Å². The minimum absolute atomic E-state index is 0.136. The van der Waals surface area contributed by atoms with Gasteiger partial charge < -0.3 is 10.4 Å². The van der Waals surface area contributed by atoms with Crippen molar-refractivity contribution in [2.75, 3.05) is 6.61 Å². The number of hydrogen-bond donors (Lipinski definition) is 2. The molecule has 1 fully saturated rings. The SMILES string of the molecule is CC(CO)(NC(=O)c1ccc(-n2cncn2)c(F)c1)C1CC1. The van der Waals surface area contributed by atoms with E-state index in [1.807, 2.05) is 6.92 Å². The molecule has 2 aromatic rings. The fraction of sp³-hybridized carbons (Fsp3) is 0.400. The maximum atomic E-state index is 14.1. The zero-order valence-electron chi connectivity index (χ0n) is 12.2. The Morgan fingerprint density at radius 1 is 1.55 bits per heavy atom. The van der Waals surface area contributed by atoms with Gasteiger partial charge in [-0.2, -0.15) is 5.10 Å². The van der Waals surface area contributed by atoms with E-state index in [0.717, 1.165) is 18.9 Å². The van der Waals surface area contributed by atoms with Crippen LogP contribution in [0.2, 0.25) is 0 Å². The van der Waals surface area contributed by atoms with E-state index in [1.54, 1.807) is 0 Å². The predicted octanol–water partition coefficient (Wildman–Crippen LogP) is 1.30. The quantitative estimate of drug-likeness (QED) is 0.872. The predicted molar refractivity (Wildman–Crippen MR) is 77.0 cm³/mol. The zero-order valence-corrected chi connectivity index (χ0v) is 12.2. The molecule has 1 saturated carbocycles. The highest BCUT2D eigenvalue weighted by atomic mass is 19.1. The molecular weight excluding hydrogens is 287 g/mol. The van der Waals surface area contributed by atoms with Crippen molar-refractivity contribution < 1.29 is 14.3 Å². The number of hydrogen-bond acceptors (Lipinski definition) is 4. The highest BCUT2D eigenvalue weighted by Gasteiger charge is 2.42. The molecule has 1 aliphatic carbocycles. The summed E-state index contributed by atoms with van der Waals surface area (Å²) in [6, 6.07) is 4.17. The molecule has 22 heavy (non-hydrogen) atoms. The molecule has 116 valence electrons. The van der Waals surface area contributed by atoms with Crippen LogP contribution >= 0.6 is 0 Å². The Bertz CT molecular complexity index is 685. The number of aromatic nitrogens is 3. The third kappa shape index (κ3) is 2.71. The van der Waals surface area contributed by atoms with Gasteiger partial charge in [-0.1, -0.05) is 0 Å². The maximum Gasteiger partial charge on any atom is 0.251 e. The molecular formula is C15H17FN4O2.